The molecular weight excluding hydrogens is 323 g/mol. The summed E-state index contributed by atoms with van der Waals surface area (Å²) in [5.74, 6) is 0. The smallest absolute Gasteiger partial charge is 0.394 e. The predicted molar refractivity (Wildman–Crippen MR) is 75.6 cm³/mol. The third kappa shape index (κ3) is 6.94. The molecule has 11 nitrogen and oxygen atoms in total. The van der Waals surface area contributed by atoms with E-state index < -0.39 is 45.1 Å². The molecule has 0 aromatic rings. The Labute approximate surface area is 128 Å². The van der Waals surface area contributed by atoms with Gasteiger partial charge in [-0.05, 0) is 6.42 Å². The van der Waals surface area contributed by atoms with Crippen molar-refractivity contribution in [3.05, 3.63) is 0 Å². The van der Waals surface area contributed by atoms with Gasteiger partial charge in [0.2, 0.25) is 0 Å². The van der Waals surface area contributed by atoms with Crippen LogP contribution in [0.1, 0.15) is 19.8 Å². The van der Waals surface area contributed by atoms with Gasteiger partial charge in [-0.3, -0.25) is 4.52 Å². The Morgan fingerprint density at radius 2 is 1.77 bits per heavy atom. The van der Waals surface area contributed by atoms with Crippen LogP contribution in [0.2, 0.25) is 0 Å². The summed E-state index contributed by atoms with van der Waals surface area (Å²) in [6, 6.07) is 0. The van der Waals surface area contributed by atoms with Gasteiger partial charge in [-0.2, -0.15) is 0 Å². The number of rotatable bonds is 7. The number of hydrogen-bond donors (Lipinski definition) is 7. The lowest BCUT2D eigenvalue weighted by Gasteiger charge is -2.41. The van der Waals surface area contributed by atoms with Crippen LogP contribution in [0.25, 0.3) is 0 Å². The van der Waals surface area contributed by atoms with Crippen LogP contribution in [-0.4, -0.2) is 69.0 Å². The van der Waals surface area contributed by atoms with Crippen LogP contribution in [0.4, 0.5) is 0 Å². The maximum absolute atomic E-state index is 10.8. The maximum Gasteiger partial charge on any atom is 0.472 e. The summed E-state index contributed by atoms with van der Waals surface area (Å²) in [5.41, 5.74) is 0. The first-order valence-corrected chi connectivity index (χ1v) is 7.81. The summed E-state index contributed by atoms with van der Waals surface area (Å²) in [7, 11) is -4.89. The van der Waals surface area contributed by atoms with E-state index in [-0.39, 0.29) is 18.9 Å². The molecule has 136 valence electrons. The molecule has 1 aliphatic heterocycles. The SMILES string of the molecule is CCCCO[C@@H]1[C@@H](O)[C@@H](OP(=O)(O)O)O[C@H](CO)[C@H]1O.N.N. The Morgan fingerprint density at radius 3 is 2.23 bits per heavy atom. The van der Waals surface area contributed by atoms with E-state index in [1.54, 1.807) is 0 Å². The van der Waals surface area contributed by atoms with Crippen LogP contribution in [0, 0.1) is 0 Å². The quantitative estimate of drug-likeness (QED) is 0.219. The molecule has 0 bridgehead atoms. The molecule has 0 aromatic heterocycles. The van der Waals surface area contributed by atoms with Gasteiger partial charge in [0.25, 0.3) is 0 Å². The maximum atomic E-state index is 10.8. The van der Waals surface area contributed by atoms with Crippen molar-refractivity contribution in [2.45, 2.75) is 50.5 Å². The second-order valence-electron chi connectivity index (χ2n) is 4.49. The monoisotopic (exact) mass is 350 g/mol. The van der Waals surface area contributed by atoms with Crippen molar-refractivity contribution in [2.24, 2.45) is 0 Å². The Morgan fingerprint density at radius 1 is 1.18 bits per heavy atom. The van der Waals surface area contributed by atoms with Gasteiger partial charge in [0, 0.05) is 6.61 Å². The van der Waals surface area contributed by atoms with Crippen LogP contribution < -0.4 is 12.3 Å². The van der Waals surface area contributed by atoms with Crippen molar-refractivity contribution in [2.75, 3.05) is 13.2 Å². The third-order valence-corrected chi connectivity index (χ3v) is 3.35. The fourth-order valence-electron chi connectivity index (χ4n) is 1.84. The molecule has 1 aliphatic rings. The number of aliphatic hydroxyl groups is 3. The van der Waals surface area contributed by atoms with Crippen LogP contribution in [-0.2, 0) is 18.6 Å². The molecule has 22 heavy (non-hydrogen) atoms. The zero-order valence-electron chi connectivity index (χ0n) is 12.4. The molecule has 11 N–H and O–H groups in total. The van der Waals surface area contributed by atoms with E-state index in [1.807, 2.05) is 6.92 Å². The molecule has 0 unspecified atom stereocenters. The van der Waals surface area contributed by atoms with Crippen LogP contribution >= 0.6 is 7.82 Å². The predicted octanol–water partition coefficient (Wildman–Crippen LogP) is -0.956. The Balaban J connectivity index is 0. The largest absolute Gasteiger partial charge is 0.472 e. The summed E-state index contributed by atoms with van der Waals surface area (Å²) in [4.78, 5) is 17.5. The molecule has 0 aliphatic carbocycles. The fraction of sp³-hybridized carbons (Fsp3) is 1.00. The standard InChI is InChI=1S/C10H21O9P.2H3N/c1-2-3-4-17-9-7(12)6(5-11)18-10(8(9)13)19-20(14,15)16;;/h6-13H,2-5H2,1H3,(H2,14,15,16);2*1H3/t6-,7-,8-,9+,10-;;/m1../s1. The molecule has 0 radical (unpaired) electrons. The first-order valence-electron chi connectivity index (χ1n) is 6.28. The molecule has 0 amide bonds. The second kappa shape index (κ2) is 10.6. The minimum Gasteiger partial charge on any atom is -0.394 e. The third-order valence-electron chi connectivity index (χ3n) is 2.87. The van der Waals surface area contributed by atoms with Gasteiger partial charge in [-0.25, -0.2) is 4.57 Å². The van der Waals surface area contributed by atoms with E-state index in [9.17, 15) is 14.8 Å². The van der Waals surface area contributed by atoms with Gasteiger partial charge in [-0.1, -0.05) is 13.3 Å². The van der Waals surface area contributed by atoms with Crippen LogP contribution in [0.5, 0.6) is 0 Å². The molecule has 5 atom stereocenters. The summed E-state index contributed by atoms with van der Waals surface area (Å²) in [6.45, 7) is 1.56. The van der Waals surface area contributed by atoms with Crippen molar-refractivity contribution in [1.29, 1.82) is 0 Å². The van der Waals surface area contributed by atoms with Crippen LogP contribution in [0.3, 0.4) is 0 Å². The van der Waals surface area contributed by atoms with Crippen molar-refractivity contribution >= 4 is 7.82 Å². The van der Waals surface area contributed by atoms with Gasteiger partial charge in [0.05, 0.1) is 6.61 Å². The van der Waals surface area contributed by atoms with Gasteiger partial charge < -0.3 is 46.9 Å². The first kappa shape index (κ1) is 24.1. The Hall–Kier alpha value is -0.170. The second-order valence-corrected chi connectivity index (χ2v) is 5.68. The molecule has 0 spiro atoms. The highest BCUT2D eigenvalue weighted by Gasteiger charge is 2.47. The zero-order valence-corrected chi connectivity index (χ0v) is 13.3. The zero-order chi connectivity index (χ0) is 15.3. The van der Waals surface area contributed by atoms with E-state index >= 15 is 0 Å². The average molecular weight is 350 g/mol. The van der Waals surface area contributed by atoms with E-state index in [4.69, 9.17) is 24.4 Å². The summed E-state index contributed by atoms with van der Waals surface area (Å²) >= 11 is 0. The molecule has 0 saturated carbocycles. The van der Waals surface area contributed by atoms with Gasteiger partial charge in [0.1, 0.15) is 24.4 Å². The molecule has 1 rings (SSSR count). The van der Waals surface area contributed by atoms with Crippen molar-refractivity contribution in [3.63, 3.8) is 0 Å². The number of phosphoric acid groups is 1. The Kier molecular flexibility index (Phi) is 11.6. The molecule has 0 aromatic carbocycles. The lowest BCUT2D eigenvalue weighted by Crippen LogP contribution is -2.59. The lowest BCUT2D eigenvalue weighted by atomic mass is 9.99. The summed E-state index contributed by atoms with van der Waals surface area (Å²) < 4.78 is 25.3. The molecule has 1 saturated heterocycles. The molecule has 1 fully saturated rings. The fourth-order valence-corrected chi connectivity index (χ4v) is 2.28. The normalized spacial score (nSPS) is 32.0. The molecule has 12 heteroatoms. The Bertz CT molecular complexity index is 342. The summed E-state index contributed by atoms with van der Waals surface area (Å²) in [6.07, 6.45) is -5.42. The number of hydrogen-bond acceptors (Lipinski definition) is 9. The minimum absolute atomic E-state index is 0. The van der Waals surface area contributed by atoms with Gasteiger partial charge >= 0.3 is 7.82 Å². The van der Waals surface area contributed by atoms with Gasteiger partial charge in [0.15, 0.2) is 6.29 Å². The molecular formula is C10H27N2O9P. The van der Waals surface area contributed by atoms with E-state index in [0.717, 1.165) is 6.42 Å². The number of ether oxygens (including phenoxy) is 2. The first-order chi connectivity index (χ1) is 9.30. The van der Waals surface area contributed by atoms with Crippen molar-refractivity contribution in [1.82, 2.24) is 12.3 Å². The minimum atomic E-state index is -4.89. The number of unbranched alkanes of at least 4 members (excludes halogenated alkanes) is 1. The lowest BCUT2D eigenvalue weighted by molar-refractivity contribution is -0.288. The highest BCUT2D eigenvalue weighted by Crippen LogP contribution is 2.40. The van der Waals surface area contributed by atoms with E-state index in [2.05, 4.69) is 4.52 Å². The van der Waals surface area contributed by atoms with Gasteiger partial charge in [-0.15, -0.1) is 0 Å². The molecule has 1 heterocycles. The highest BCUT2D eigenvalue weighted by atomic mass is 31.2. The average Bonchev–Trinajstić information content (AvgIpc) is 2.35. The number of phosphoric ester groups is 1. The summed E-state index contributed by atoms with van der Waals surface area (Å²) in [5, 5.41) is 28.9. The van der Waals surface area contributed by atoms with Crippen LogP contribution in [0.15, 0.2) is 0 Å². The van der Waals surface area contributed by atoms with E-state index in [1.165, 1.54) is 0 Å². The topological polar surface area (TPSA) is 216 Å². The van der Waals surface area contributed by atoms with E-state index in [0.29, 0.717) is 6.42 Å². The highest BCUT2D eigenvalue weighted by molar-refractivity contribution is 7.46. The van der Waals surface area contributed by atoms with Crippen molar-refractivity contribution < 1.29 is 43.7 Å². The number of aliphatic hydroxyl groups excluding tert-OH is 3. The van der Waals surface area contributed by atoms with Crippen molar-refractivity contribution in [3.8, 4) is 0 Å².